The first-order valence-corrected chi connectivity index (χ1v) is 9.14. The van der Waals surface area contributed by atoms with Crippen molar-refractivity contribution in [3.63, 3.8) is 0 Å². The molecule has 1 amide bonds. The molecule has 3 rings (SSSR count). The highest BCUT2D eigenvalue weighted by molar-refractivity contribution is 6.33. The maximum atomic E-state index is 13.1. The van der Waals surface area contributed by atoms with Crippen molar-refractivity contribution in [1.29, 1.82) is 0 Å². The summed E-state index contributed by atoms with van der Waals surface area (Å²) in [4.78, 5) is 17.0. The minimum Gasteiger partial charge on any atom is -0.369 e. The summed E-state index contributed by atoms with van der Waals surface area (Å²) in [5, 5.41) is 3.00. The van der Waals surface area contributed by atoms with Crippen LogP contribution in [0.3, 0.4) is 0 Å². The SMILES string of the molecule is Cc1ccccc1N1CCN([C@H](C)C(=O)Nc2ccc(F)cc2Cl)CC1. The number of piperazine rings is 1. The van der Waals surface area contributed by atoms with Crippen molar-refractivity contribution in [3.8, 4) is 0 Å². The van der Waals surface area contributed by atoms with Gasteiger partial charge in [0.15, 0.2) is 0 Å². The van der Waals surface area contributed by atoms with Crippen LogP contribution in [-0.4, -0.2) is 43.0 Å². The molecule has 1 heterocycles. The van der Waals surface area contributed by atoms with Gasteiger partial charge in [-0.15, -0.1) is 0 Å². The van der Waals surface area contributed by atoms with Crippen LogP contribution in [0.2, 0.25) is 5.02 Å². The van der Waals surface area contributed by atoms with E-state index in [9.17, 15) is 9.18 Å². The zero-order valence-corrected chi connectivity index (χ0v) is 15.8. The van der Waals surface area contributed by atoms with Crippen LogP contribution < -0.4 is 10.2 Å². The Hall–Kier alpha value is -2.11. The standard InChI is InChI=1S/C20H23ClFN3O/c1-14-5-3-4-6-19(14)25-11-9-24(10-12-25)15(2)20(26)23-18-8-7-16(22)13-17(18)21/h3-8,13,15H,9-12H2,1-2H3,(H,23,26)/t15-/m1/s1. The van der Waals surface area contributed by atoms with Gasteiger partial charge < -0.3 is 10.2 Å². The molecular weight excluding hydrogens is 353 g/mol. The topological polar surface area (TPSA) is 35.6 Å². The van der Waals surface area contributed by atoms with Gasteiger partial charge in [-0.3, -0.25) is 9.69 Å². The number of aryl methyl sites for hydroxylation is 1. The minimum absolute atomic E-state index is 0.136. The largest absolute Gasteiger partial charge is 0.369 e. The zero-order chi connectivity index (χ0) is 18.7. The lowest BCUT2D eigenvalue weighted by atomic mass is 10.1. The molecule has 0 spiro atoms. The highest BCUT2D eigenvalue weighted by atomic mass is 35.5. The fourth-order valence-corrected chi connectivity index (χ4v) is 3.48. The molecule has 0 aromatic heterocycles. The minimum atomic E-state index is -0.423. The Labute approximate surface area is 158 Å². The van der Waals surface area contributed by atoms with Crippen molar-refractivity contribution in [3.05, 3.63) is 58.9 Å². The number of para-hydroxylation sites is 1. The Balaban J connectivity index is 1.58. The molecule has 0 saturated carbocycles. The van der Waals surface area contributed by atoms with Gasteiger partial charge in [-0.25, -0.2) is 4.39 Å². The second kappa shape index (κ2) is 8.06. The van der Waals surface area contributed by atoms with Crippen molar-refractivity contribution in [2.45, 2.75) is 19.9 Å². The van der Waals surface area contributed by atoms with Gasteiger partial charge in [0, 0.05) is 31.9 Å². The first-order chi connectivity index (χ1) is 12.5. The van der Waals surface area contributed by atoms with Gasteiger partial charge in [0.25, 0.3) is 0 Å². The smallest absolute Gasteiger partial charge is 0.241 e. The highest BCUT2D eigenvalue weighted by Crippen LogP contribution is 2.24. The summed E-state index contributed by atoms with van der Waals surface area (Å²) in [5.74, 6) is -0.559. The number of carbonyl (C=O) groups excluding carboxylic acids is 1. The van der Waals surface area contributed by atoms with Crippen LogP contribution in [0, 0.1) is 12.7 Å². The Morgan fingerprint density at radius 2 is 1.85 bits per heavy atom. The Bertz CT molecular complexity index is 790. The summed E-state index contributed by atoms with van der Waals surface area (Å²) >= 11 is 5.99. The molecule has 1 saturated heterocycles. The number of nitrogens with zero attached hydrogens (tertiary/aromatic N) is 2. The lowest BCUT2D eigenvalue weighted by Crippen LogP contribution is -2.53. The van der Waals surface area contributed by atoms with E-state index < -0.39 is 5.82 Å². The molecule has 4 nitrogen and oxygen atoms in total. The van der Waals surface area contributed by atoms with Crippen LogP contribution in [-0.2, 0) is 4.79 Å². The van der Waals surface area contributed by atoms with Crippen molar-refractivity contribution in [2.24, 2.45) is 0 Å². The maximum absolute atomic E-state index is 13.1. The Morgan fingerprint density at radius 1 is 1.15 bits per heavy atom. The van der Waals surface area contributed by atoms with Crippen LogP contribution in [0.5, 0.6) is 0 Å². The van der Waals surface area contributed by atoms with Crippen LogP contribution in [0.1, 0.15) is 12.5 Å². The number of nitrogens with one attached hydrogen (secondary N) is 1. The molecule has 1 aliphatic heterocycles. The van der Waals surface area contributed by atoms with E-state index in [2.05, 4.69) is 40.2 Å². The van der Waals surface area contributed by atoms with E-state index in [0.717, 1.165) is 26.2 Å². The number of amides is 1. The van der Waals surface area contributed by atoms with Crippen LogP contribution >= 0.6 is 11.6 Å². The molecule has 2 aromatic rings. The fraction of sp³-hybridized carbons (Fsp3) is 0.350. The molecular formula is C20H23ClFN3O. The fourth-order valence-electron chi connectivity index (χ4n) is 3.26. The second-order valence-corrected chi connectivity index (χ2v) is 7.01. The molecule has 0 aliphatic carbocycles. The highest BCUT2D eigenvalue weighted by Gasteiger charge is 2.26. The van der Waals surface area contributed by atoms with Crippen molar-refractivity contribution in [2.75, 3.05) is 36.4 Å². The van der Waals surface area contributed by atoms with Gasteiger partial charge in [-0.1, -0.05) is 29.8 Å². The number of anilines is 2. The van der Waals surface area contributed by atoms with Crippen molar-refractivity contribution in [1.82, 2.24) is 4.90 Å². The molecule has 1 fully saturated rings. The number of hydrogen-bond donors (Lipinski definition) is 1. The summed E-state index contributed by atoms with van der Waals surface area (Å²) < 4.78 is 13.1. The average molecular weight is 376 g/mol. The summed E-state index contributed by atoms with van der Waals surface area (Å²) in [6.07, 6.45) is 0. The number of carbonyl (C=O) groups is 1. The lowest BCUT2D eigenvalue weighted by molar-refractivity contribution is -0.120. The summed E-state index contributed by atoms with van der Waals surface area (Å²) in [6, 6.07) is 12.0. The molecule has 1 atom stereocenters. The predicted molar refractivity (Wildman–Crippen MR) is 104 cm³/mol. The molecule has 26 heavy (non-hydrogen) atoms. The molecule has 6 heteroatoms. The van der Waals surface area contributed by atoms with E-state index in [4.69, 9.17) is 11.6 Å². The number of halogens is 2. The Kier molecular flexibility index (Phi) is 5.79. The summed E-state index contributed by atoms with van der Waals surface area (Å²) in [7, 11) is 0. The van der Waals surface area contributed by atoms with Gasteiger partial charge in [0.05, 0.1) is 16.8 Å². The first kappa shape index (κ1) is 18.7. The summed E-state index contributed by atoms with van der Waals surface area (Å²) in [6.45, 7) is 7.36. The average Bonchev–Trinajstić information content (AvgIpc) is 2.64. The van der Waals surface area contributed by atoms with Gasteiger partial charge in [0.1, 0.15) is 5.82 Å². The molecule has 138 valence electrons. The van der Waals surface area contributed by atoms with E-state index in [0.29, 0.717) is 5.69 Å². The third-order valence-electron chi connectivity index (χ3n) is 4.89. The summed E-state index contributed by atoms with van der Waals surface area (Å²) in [5.41, 5.74) is 2.95. The van der Waals surface area contributed by atoms with Crippen LogP contribution in [0.15, 0.2) is 42.5 Å². The molecule has 2 aromatic carbocycles. The van der Waals surface area contributed by atoms with E-state index in [1.165, 1.54) is 29.4 Å². The number of rotatable bonds is 4. The molecule has 1 N–H and O–H groups in total. The quantitative estimate of drug-likeness (QED) is 0.879. The van der Waals surface area contributed by atoms with E-state index >= 15 is 0 Å². The van der Waals surface area contributed by atoms with Crippen molar-refractivity contribution < 1.29 is 9.18 Å². The van der Waals surface area contributed by atoms with Gasteiger partial charge >= 0.3 is 0 Å². The normalized spacial score (nSPS) is 16.4. The lowest BCUT2D eigenvalue weighted by Gasteiger charge is -2.39. The van der Waals surface area contributed by atoms with Gasteiger partial charge in [-0.05, 0) is 43.7 Å². The van der Waals surface area contributed by atoms with E-state index in [1.807, 2.05) is 13.0 Å². The molecule has 0 bridgehead atoms. The third kappa shape index (κ3) is 4.17. The predicted octanol–water partition coefficient (Wildman–Crippen LogP) is 3.94. The molecule has 0 unspecified atom stereocenters. The zero-order valence-electron chi connectivity index (χ0n) is 15.0. The number of hydrogen-bond acceptors (Lipinski definition) is 3. The van der Waals surface area contributed by atoms with Gasteiger partial charge in [-0.2, -0.15) is 0 Å². The van der Waals surface area contributed by atoms with E-state index in [1.54, 1.807) is 0 Å². The van der Waals surface area contributed by atoms with Crippen molar-refractivity contribution >= 4 is 28.9 Å². The Morgan fingerprint density at radius 3 is 2.50 bits per heavy atom. The number of benzene rings is 2. The van der Waals surface area contributed by atoms with Crippen LogP contribution in [0.4, 0.5) is 15.8 Å². The van der Waals surface area contributed by atoms with Gasteiger partial charge in [0.2, 0.25) is 5.91 Å². The first-order valence-electron chi connectivity index (χ1n) is 8.76. The molecule has 1 aliphatic rings. The van der Waals surface area contributed by atoms with E-state index in [-0.39, 0.29) is 17.0 Å². The second-order valence-electron chi connectivity index (χ2n) is 6.60. The monoisotopic (exact) mass is 375 g/mol. The third-order valence-corrected chi connectivity index (χ3v) is 5.20. The maximum Gasteiger partial charge on any atom is 0.241 e. The molecule has 0 radical (unpaired) electrons. The van der Waals surface area contributed by atoms with Crippen LogP contribution in [0.25, 0.3) is 0 Å².